The fraction of sp³-hybridized carbons (Fsp3) is 0.0833. The Hall–Kier alpha value is -3.77. The van der Waals surface area contributed by atoms with E-state index in [4.69, 9.17) is 16.4 Å². The number of ketones is 1. The number of nitrogens with zero attached hydrogens (tertiary/aromatic N) is 4. The number of rotatable bonds is 5. The van der Waals surface area contributed by atoms with Crippen LogP contribution in [0.5, 0.6) is 0 Å². The van der Waals surface area contributed by atoms with Crippen LogP contribution < -0.4 is 0 Å². The van der Waals surface area contributed by atoms with Crippen molar-refractivity contribution in [1.82, 2.24) is 15.0 Å². The van der Waals surface area contributed by atoms with Gasteiger partial charge in [0.25, 0.3) is 0 Å². The number of para-hydroxylation sites is 1. The van der Waals surface area contributed by atoms with Gasteiger partial charge in [-0.05, 0) is 36.4 Å². The number of oxime groups is 1. The predicted molar refractivity (Wildman–Crippen MR) is 117 cm³/mol. The largest absolute Gasteiger partial charge is 0.384 e. The first kappa shape index (κ1) is 19.2. The zero-order valence-electron chi connectivity index (χ0n) is 16.3. The van der Waals surface area contributed by atoms with Crippen LogP contribution in [-0.4, -0.2) is 26.5 Å². The number of hydrogen-bond acceptors (Lipinski definition) is 5. The highest BCUT2D eigenvalue weighted by Crippen LogP contribution is 2.36. The lowest BCUT2D eigenvalue weighted by Gasteiger charge is -2.16. The molecule has 31 heavy (non-hydrogen) atoms. The summed E-state index contributed by atoms with van der Waals surface area (Å²) in [5, 5.41) is 13.8. The number of Topliss-reactive ketones (excluding diaryl/α,β-unsaturated/α-hetero) is 1. The summed E-state index contributed by atoms with van der Waals surface area (Å²) in [6.07, 6.45) is 0.930. The minimum absolute atomic E-state index is 0.115. The van der Waals surface area contributed by atoms with Crippen LogP contribution in [0.1, 0.15) is 27.7 Å². The lowest BCUT2D eigenvalue weighted by molar-refractivity contribution is 0.0509. The molecule has 1 aliphatic rings. The van der Waals surface area contributed by atoms with Crippen molar-refractivity contribution in [3.05, 3.63) is 113 Å². The molecule has 0 N–H and O–H groups in total. The molecule has 2 heterocycles. The molecule has 152 valence electrons. The third kappa shape index (κ3) is 3.73. The number of hydrogen-bond donors (Lipinski definition) is 0. The number of carbonyl (C=O) groups excluding carboxylic acids is 1. The van der Waals surface area contributed by atoms with E-state index in [-0.39, 0.29) is 5.78 Å². The average Bonchev–Trinajstić information content (AvgIpc) is 3.48. The summed E-state index contributed by atoms with van der Waals surface area (Å²) in [6, 6.07) is 25.9. The number of aromatic nitrogens is 3. The molecule has 4 aromatic rings. The van der Waals surface area contributed by atoms with E-state index in [9.17, 15) is 4.79 Å². The molecule has 0 saturated heterocycles. The Labute approximate surface area is 183 Å². The second kappa shape index (κ2) is 8.16. The lowest BCUT2D eigenvalue weighted by atomic mass is 9.85. The Morgan fingerprint density at radius 3 is 2.29 bits per heavy atom. The van der Waals surface area contributed by atoms with Gasteiger partial charge in [0.05, 0.1) is 11.9 Å². The summed E-state index contributed by atoms with van der Waals surface area (Å²) in [4.78, 5) is 20.8. The van der Waals surface area contributed by atoms with Gasteiger partial charge in [-0.25, -0.2) is 0 Å². The normalized spacial score (nSPS) is 17.8. The van der Waals surface area contributed by atoms with Crippen LogP contribution in [0.4, 0.5) is 0 Å². The first-order valence-corrected chi connectivity index (χ1v) is 10.1. The van der Waals surface area contributed by atoms with Gasteiger partial charge in [0, 0.05) is 16.1 Å². The summed E-state index contributed by atoms with van der Waals surface area (Å²) in [6.45, 7) is 0. The van der Waals surface area contributed by atoms with Crippen molar-refractivity contribution in [1.29, 1.82) is 0 Å². The molecule has 0 amide bonds. The van der Waals surface area contributed by atoms with Gasteiger partial charge in [-0.2, -0.15) is 9.90 Å². The van der Waals surface area contributed by atoms with Crippen molar-refractivity contribution in [2.45, 2.75) is 6.10 Å². The molecule has 2 atom stereocenters. The highest BCUT2D eigenvalue weighted by Gasteiger charge is 2.43. The monoisotopic (exact) mass is 428 g/mol. The summed E-state index contributed by atoms with van der Waals surface area (Å²) < 4.78 is 0. The van der Waals surface area contributed by atoms with Crippen LogP contribution in [0.25, 0.3) is 5.69 Å². The van der Waals surface area contributed by atoms with Gasteiger partial charge in [-0.1, -0.05) is 65.3 Å². The highest BCUT2D eigenvalue weighted by atomic mass is 35.5. The Morgan fingerprint density at radius 2 is 1.58 bits per heavy atom. The molecule has 7 heteroatoms. The van der Waals surface area contributed by atoms with E-state index in [1.165, 1.54) is 4.80 Å². The van der Waals surface area contributed by atoms with Crippen LogP contribution >= 0.6 is 11.6 Å². The summed E-state index contributed by atoms with van der Waals surface area (Å²) in [5.74, 6) is -0.777. The molecule has 0 bridgehead atoms. The Bertz CT molecular complexity index is 1240. The van der Waals surface area contributed by atoms with E-state index >= 15 is 0 Å². The average molecular weight is 429 g/mol. The van der Waals surface area contributed by atoms with Crippen molar-refractivity contribution in [3.8, 4) is 5.69 Å². The molecule has 0 saturated carbocycles. The molecule has 0 radical (unpaired) electrons. The van der Waals surface area contributed by atoms with Crippen LogP contribution in [0.3, 0.4) is 0 Å². The maximum absolute atomic E-state index is 13.5. The smallest absolute Gasteiger partial charge is 0.188 e. The van der Waals surface area contributed by atoms with Gasteiger partial charge in [-0.15, -0.1) is 5.10 Å². The van der Waals surface area contributed by atoms with Crippen LogP contribution in [-0.2, 0) is 4.84 Å². The molecule has 5 rings (SSSR count). The molecule has 0 spiro atoms. The van der Waals surface area contributed by atoms with Crippen molar-refractivity contribution >= 4 is 23.1 Å². The van der Waals surface area contributed by atoms with Gasteiger partial charge in [-0.3, -0.25) is 4.79 Å². The van der Waals surface area contributed by atoms with Gasteiger partial charge < -0.3 is 4.84 Å². The fourth-order valence-corrected chi connectivity index (χ4v) is 3.71. The van der Waals surface area contributed by atoms with Gasteiger partial charge in [0.1, 0.15) is 17.3 Å². The maximum atomic E-state index is 13.5. The topological polar surface area (TPSA) is 69.4 Å². The summed E-state index contributed by atoms with van der Waals surface area (Å²) >= 11 is 6.01. The molecule has 0 fully saturated rings. The van der Waals surface area contributed by atoms with E-state index in [1.54, 1.807) is 30.5 Å². The minimum atomic E-state index is -0.684. The fourth-order valence-electron chi connectivity index (χ4n) is 3.59. The standard InChI is InChI=1S/C24H17ClN4O2/c25-18-13-11-17(12-14-18)23(30)21-22(16-7-3-1-4-8-16)28-31-24(21)20-15-26-29(27-20)19-9-5-2-6-10-19/h1-15,21,24H. The number of carbonyl (C=O) groups is 1. The number of benzene rings is 3. The molecule has 3 aromatic carbocycles. The van der Waals surface area contributed by atoms with E-state index in [1.807, 2.05) is 60.7 Å². The molecule has 2 unspecified atom stereocenters. The van der Waals surface area contributed by atoms with Gasteiger partial charge in [0.15, 0.2) is 11.9 Å². The SMILES string of the molecule is O=C(c1ccc(Cl)cc1)C1C(c2ccccc2)=NOC1c1cnn(-c2ccccc2)n1. The maximum Gasteiger partial charge on any atom is 0.188 e. The molecule has 6 nitrogen and oxygen atoms in total. The van der Waals surface area contributed by atoms with Crippen molar-refractivity contribution in [2.75, 3.05) is 0 Å². The molecule has 1 aliphatic heterocycles. The summed E-state index contributed by atoms with van der Waals surface area (Å²) in [5.41, 5.74) is 3.28. The Kier molecular flexibility index (Phi) is 5.06. The van der Waals surface area contributed by atoms with Crippen molar-refractivity contribution in [2.24, 2.45) is 11.1 Å². The van der Waals surface area contributed by atoms with E-state index in [2.05, 4.69) is 15.4 Å². The van der Waals surface area contributed by atoms with Crippen LogP contribution in [0.15, 0.2) is 96.3 Å². The van der Waals surface area contributed by atoms with E-state index in [0.29, 0.717) is 22.0 Å². The summed E-state index contributed by atoms with van der Waals surface area (Å²) in [7, 11) is 0. The van der Waals surface area contributed by atoms with E-state index < -0.39 is 12.0 Å². The van der Waals surface area contributed by atoms with Crippen molar-refractivity contribution < 1.29 is 9.63 Å². The molecule has 1 aromatic heterocycles. The Morgan fingerprint density at radius 1 is 0.903 bits per heavy atom. The van der Waals surface area contributed by atoms with Crippen LogP contribution in [0, 0.1) is 5.92 Å². The zero-order valence-corrected chi connectivity index (χ0v) is 17.1. The third-order valence-corrected chi connectivity index (χ3v) is 5.38. The number of halogens is 1. The van der Waals surface area contributed by atoms with Crippen LogP contribution in [0.2, 0.25) is 5.02 Å². The lowest BCUT2D eigenvalue weighted by Crippen LogP contribution is -2.27. The highest BCUT2D eigenvalue weighted by molar-refractivity contribution is 6.30. The second-order valence-corrected chi connectivity index (χ2v) is 7.55. The van der Waals surface area contributed by atoms with Crippen molar-refractivity contribution in [3.63, 3.8) is 0 Å². The third-order valence-electron chi connectivity index (χ3n) is 5.13. The molecular weight excluding hydrogens is 412 g/mol. The van der Waals surface area contributed by atoms with Gasteiger partial charge >= 0.3 is 0 Å². The Balaban J connectivity index is 1.53. The first-order chi connectivity index (χ1) is 15.2. The molecular formula is C24H17ClN4O2. The predicted octanol–water partition coefficient (Wildman–Crippen LogP) is 4.90. The first-order valence-electron chi connectivity index (χ1n) is 9.77. The van der Waals surface area contributed by atoms with E-state index in [0.717, 1.165) is 11.3 Å². The van der Waals surface area contributed by atoms with Gasteiger partial charge in [0.2, 0.25) is 0 Å². The second-order valence-electron chi connectivity index (χ2n) is 7.11. The minimum Gasteiger partial charge on any atom is -0.384 e. The molecule has 0 aliphatic carbocycles. The zero-order chi connectivity index (χ0) is 21.2. The quantitative estimate of drug-likeness (QED) is 0.424.